The molecule has 0 atom stereocenters. The van der Waals surface area contributed by atoms with E-state index in [1.54, 1.807) is 6.20 Å². The first-order valence-corrected chi connectivity index (χ1v) is 6.64. The highest BCUT2D eigenvalue weighted by Gasteiger charge is 2.22. The number of pyridine rings is 1. The minimum Gasteiger partial charge on any atom is -0.488 e. The predicted octanol–water partition coefficient (Wildman–Crippen LogP) is 2.77. The van der Waals surface area contributed by atoms with Crippen LogP contribution in [0, 0.1) is 0 Å². The van der Waals surface area contributed by atoms with Gasteiger partial charge in [0.2, 0.25) is 0 Å². The van der Waals surface area contributed by atoms with Crippen molar-refractivity contribution in [1.82, 2.24) is 4.98 Å². The molecular weight excluding hydrogens is 228 g/mol. The van der Waals surface area contributed by atoms with Crippen LogP contribution in [0.3, 0.4) is 0 Å². The second-order valence-electron chi connectivity index (χ2n) is 4.51. The van der Waals surface area contributed by atoms with E-state index in [-0.39, 0.29) is 5.54 Å². The Morgan fingerprint density at radius 3 is 2.56 bits per heavy atom. The molecule has 2 N–H and O–H groups in total. The molecule has 18 heavy (non-hydrogen) atoms. The van der Waals surface area contributed by atoms with Crippen LogP contribution in [0.2, 0.25) is 0 Å². The largest absolute Gasteiger partial charge is 0.488 e. The van der Waals surface area contributed by atoms with Crippen LogP contribution in [-0.2, 0) is 0 Å². The van der Waals surface area contributed by atoms with Crippen molar-refractivity contribution in [1.29, 1.82) is 0 Å². The highest BCUT2D eigenvalue weighted by atomic mass is 16.5. The van der Waals surface area contributed by atoms with E-state index in [1.807, 2.05) is 12.1 Å². The molecule has 102 valence electrons. The van der Waals surface area contributed by atoms with Crippen molar-refractivity contribution in [3.8, 4) is 11.6 Å². The summed E-state index contributed by atoms with van der Waals surface area (Å²) in [5.74, 6) is 1.22. The minimum absolute atomic E-state index is 0.292. The second kappa shape index (κ2) is 7.21. The van der Waals surface area contributed by atoms with Crippen molar-refractivity contribution in [3.63, 3.8) is 0 Å². The molecule has 0 spiro atoms. The molecule has 1 heterocycles. The van der Waals surface area contributed by atoms with Crippen molar-refractivity contribution >= 4 is 0 Å². The summed E-state index contributed by atoms with van der Waals surface area (Å²) in [4.78, 5) is 4.20. The highest BCUT2D eigenvalue weighted by molar-refractivity contribution is 5.32. The molecule has 0 aliphatic heterocycles. The van der Waals surface area contributed by atoms with Crippen LogP contribution in [0.15, 0.2) is 18.3 Å². The Morgan fingerprint density at radius 2 is 1.94 bits per heavy atom. The van der Waals surface area contributed by atoms with Crippen LogP contribution in [0.4, 0.5) is 0 Å². The van der Waals surface area contributed by atoms with Gasteiger partial charge in [0.1, 0.15) is 6.61 Å². The van der Waals surface area contributed by atoms with Crippen molar-refractivity contribution in [2.45, 2.75) is 45.6 Å². The number of ether oxygens (including phenoxy) is 2. The molecule has 0 saturated carbocycles. The third-order valence-corrected chi connectivity index (χ3v) is 3.10. The van der Waals surface area contributed by atoms with E-state index in [1.165, 1.54) is 0 Å². The quantitative estimate of drug-likeness (QED) is 0.773. The first-order chi connectivity index (χ1) is 8.65. The van der Waals surface area contributed by atoms with Gasteiger partial charge in [0, 0.05) is 11.7 Å². The zero-order valence-electron chi connectivity index (χ0n) is 11.6. The maximum absolute atomic E-state index is 6.20. The van der Waals surface area contributed by atoms with E-state index in [0.717, 1.165) is 19.3 Å². The molecule has 0 saturated heterocycles. The summed E-state index contributed by atoms with van der Waals surface area (Å²) in [6.07, 6.45) is 4.41. The van der Waals surface area contributed by atoms with Gasteiger partial charge < -0.3 is 15.2 Å². The average Bonchev–Trinajstić information content (AvgIpc) is 2.43. The zero-order valence-corrected chi connectivity index (χ0v) is 11.6. The van der Waals surface area contributed by atoms with Crippen LogP contribution in [0.1, 0.15) is 40.0 Å². The zero-order chi connectivity index (χ0) is 13.4. The average molecular weight is 252 g/mol. The summed E-state index contributed by atoms with van der Waals surface area (Å²) in [6, 6.07) is 3.71. The van der Waals surface area contributed by atoms with E-state index in [0.29, 0.717) is 24.8 Å². The number of nitrogens with two attached hydrogens (primary N) is 1. The summed E-state index contributed by atoms with van der Waals surface area (Å²) < 4.78 is 11.3. The molecule has 0 aliphatic carbocycles. The summed E-state index contributed by atoms with van der Waals surface area (Å²) in [6.45, 7) is 7.33. The Labute approximate surface area is 110 Å². The van der Waals surface area contributed by atoms with E-state index < -0.39 is 0 Å². The topological polar surface area (TPSA) is 57.4 Å². The Hall–Kier alpha value is -1.29. The van der Waals surface area contributed by atoms with Crippen molar-refractivity contribution in [3.05, 3.63) is 18.3 Å². The molecule has 0 aromatic carbocycles. The van der Waals surface area contributed by atoms with Gasteiger partial charge in [0.15, 0.2) is 5.75 Å². The first kappa shape index (κ1) is 14.8. The fourth-order valence-corrected chi connectivity index (χ4v) is 1.47. The van der Waals surface area contributed by atoms with Gasteiger partial charge in [-0.05, 0) is 31.4 Å². The van der Waals surface area contributed by atoms with Crippen molar-refractivity contribution in [2.24, 2.45) is 5.73 Å². The van der Waals surface area contributed by atoms with Gasteiger partial charge in [-0.1, -0.05) is 20.8 Å². The Morgan fingerprint density at radius 1 is 1.22 bits per heavy atom. The smallest absolute Gasteiger partial charge is 0.257 e. The third-order valence-electron chi connectivity index (χ3n) is 3.10. The Balaban J connectivity index is 2.66. The molecule has 0 bridgehead atoms. The standard InChI is InChI=1S/C14H24N2O2/c1-4-10-17-12-8-7-9-16-13(12)18-11-14(15,5-2)6-3/h7-9H,4-6,10-11,15H2,1-3H3. The molecule has 1 aromatic heterocycles. The van der Waals surface area contributed by atoms with Gasteiger partial charge in [-0.3, -0.25) is 0 Å². The van der Waals surface area contributed by atoms with Crippen LogP contribution in [0.5, 0.6) is 11.6 Å². The van der Waals surface area contributed by atoms with Gasteiger partial charge >= 0.3 is 0 Å². The van der Waals surface area contributed by atoms with Crippen LogP contribution >= 0.6 is 0 Å². The van der Waals surface area contributed by atoms with E-state index in [2.05, 4.69) is 25.8 Å². The fourth-order valence-electron chi connectivity index (χ4n) is 1.47. The van der Waals surface area contributed by atoms with E-state index in [9.17, 15) is 0 Å². The lowest BCUT2D eigenvalue weighted by Crippen LogP contribution is -2.44. The highest BCUT2D eigenvalue weighted by Crippen LogP contribution is 2.25. The van der Waals surface area contributed by atoms with E-state index in [4.69, 9.17) is 15.2 Å². The van der Waals surface area contributed by atoms with Crippen molar-refractivity contribution < 1.29 is 9.47 Å². The molecule has 0 amide bonds. The van der Waals surface area contributed by atoms with Gasteiger partial charge in [-0.15, -0.1) is 0 Å². The normalized spacial score (nSPS) is 11.3. The summed E-state index contributed by atoms with van der Waals surface area (Å²) >= 11 is 0. The molecule has 1 rings (SSSR count). The van der Waals surface area contributed by atoms with Crippen LogP contribution in [-0.4, -0.2) is 23.7 Å². The maximum atomic E-state index is 6.20. The van der Waals surface area contributed by atoms with Crippen molar-refractivity contribution in [2.75, 3.05) is 13.2 Å². The number of hydrogen-bond acceptors (Lipinski definition) is 4. The van der Waals surface area contributed by atoms with Crippen LogP contribution in [0.25, 0.3) is 0 Å². The molecule has 4 heteroatoms. The fraction of sp³-hybridized carbons (Fsp3) is 0.643. The Kier molecular flexibility index (Phi) is 5.92. The Bertz CT molecular complexity index is 351. The van der Waals surface area contributed by atoms with Gasteiger partial charge in [0.25, 0.3) is 5.88 Å². The number of nitrogens with zero attached hydrogens (tertiary/aromatic N) is 1. The molecule has 4 nitrogen and oxygen atoms in total. The maximum Gasteiger partial charge on any atom is 0.257 e. The second-order valence-corrected chi connectivity index (χ2v) is 4.51. The number of rotatable bonds is 8. The SMILES string of the molecule is CCCOc1cccnc1OCC(N)(CC)CC. The van der Waals surface area contributed by atoms with Gasteiger partial charge in [-0.25, -0.2) is 4.98 Å². The minimum atomic E-state index is -0.292. The summed E-state index contributed by atoms with van der Waals surface area (Å²) in [7, 11) is 0. The lowest BCUT2D eigenvalue weighted by atomic mass is 9.96. The third kappa shape index (κ3) is 4.18. The number of hydrogen-bond donors (Lipinski definition) is 1. The molecule has 1 aromatic rings. The molecule has 0 fully saturated rings. The summed E-state index contributed by atoms with van der Waals surface area (Å²) in [5.41, 5.74) is 5.91. The summed E-state index contributed by atoms with van der Waals surface area (Å²) in [5, 5.41) is 0. The monoisotopic (exact) mass is 252 g/mol. The predicted molar refractivity (Wildman–Crippen MR) is 73.0 cm³/mol. The van der Waals surface area contributed by atoms with Gasteiger partial charge in [0.05, 0.1) is 6.61 Å². The molecule has 0 aliphatic rings. The molecule has 0 radical (unpaired) electrons. The van der Waals surface area contributed by atoms with E-state index >= 15 is 0 Å². The number of aromatic nitrogens is 1. The van der Waals surface area contributed by atoms with Gasteiger partial charge in [-0.2, -0.15) is 0 Å². The first-order valence-electron chi connectivity index (χ1n) is 6.64. The lowest BCUT2D eigenvalue weighted by molar-refractivity contribution is 0.189. The molecular formula is C14H24N2O2. The van der Waals surface area contributed by atoms with Crippen LogP contribution < -0.4 is 15.2 Å². The lowest BCUT2D eigenvalue weighted by Gasteiger charge is -2.26. The molecule has 0 unspecified atom stereocenters.